The molecule has 1 heterocycles. The summed E-state index contributed by atoms with van der Waals surface area (Å²) in [5, 5.41) is 11.4. The highest BCUT2D eigenvalue weighted by Crippen LogP contribution is 2.24. The first-order chi connectivity index (χ1) is 13.0. The third-order valence-corrected chi connectivity index (χ3v) is 4.29. The van der Waals surface area contributed by atoms with E-state index >= 15 is 0 Å². The number of ether oxygens (including phenoxy) is 1. The summed E-state index contributed by atoms with van der Waals surface area (Å²) in [6.45, 7) is 8.67. The topological polar surface area (TPSA) is 79.9 Å². The molecule has 2 N–H and O–H groups in total. The number of hydrogen-bond acceptors (Lipinski definition) is 5. The van der Waals surface area contributed by atoms with Crippen molar-refractivity contribution in [3.05, 3.63) is 74.7 Å². The number of benzene rings is 2. The number of aryl methyl sites for hydroxylation is 3. The molecule has 1 aromatic heterocycles. The Morgan fingerprint density at radius 1 is 1.04 bits per heavy atom. The molecule has 3 rings (SSSR count). The van der Waals surface area contributed by atoms with Crippen LogP contribution in [-0.4, -0.2) is 21.8 Å². The SMILES string of the molecule is CCOc1ccc(Cc2nnc(Nc3c(C)cc(C)cc3C)[nH]c2=O)cc1. The smallest absolute Gasteiger partial charge is 0.274 e. The van der Waals surface area contributed by atoms with Gasteiger partial charge in [-0.15, -0.1) is 10.2 Å². The zero-order valence-corrected chi connectivity index (χ0v) is 16.1. The molecule has 6 nitrogen and oxygen atoms in total. The molecular formula is C21H24N4O2. The standard InChI is InChI=1S/C21H24N4O2/c1-5-27-17-8-6-16(7-9-17)12-18-20(26)23-21(25-24-18)22-19-14(3)10-13(2)11-15(19)4/h6-11H,5,12H2,1-4H3,(H2,22,23,25,26). The van der Waals surface area contributed by atoms with E-state index in [9.17, 15) is 4.79 Å². The molecule has 0 spiro atoms. The lowest BCUT2D eigenvalue weighted by Crippen LogP contribution is -2.19. The Hall–Kier alpha value is -3.15. The number of H-pyrrole nitrogens is 1. The second-order valence-electron chi connectivity index (χ2n) is 6.60. The molecule has 0 aliphatic carbocycles. The first kappa shape index (κ1) is 18.6. The van der Waals surface area contributed by atoms with Gasteiger partial charge in [0.1, 0.15) is 11.4 Å². The maximum absolute atomic E-state index is 12.4. The predicted molar refractivity (Wildman–Crippen MR) is 107 cm³/mol. The molecule has 0 aliphatic heterocycles. The van der Waals surface area contributed by atoms with E-state index in [0.29, 0.717) is 24.7 Å². The molecule has 0 unspecified atom stereocenters. The van der Waals surface area contributed by atoms with Crippen molar-refractivity contribution in [2.75, 3.05) is 11.9 Å². The van der Waals surface area contributed by atoms with Crippen LogP contribution in [0.5, 0.6) is 5.75 Å². The second-order valence-corrected chi connectivity index (χ2v) is 6.60. The number of aromatic nitrogens is 3. The van der Waals surface area contributed by atoms with Gasteiger partial charge in [-0.05, 0) is 56.5 Å². The highest BCUT2D eigenvalue weighted by atomic mass is 16.5. The van der Waals surface area contributed by atoms with E-state index in [4.69, 9.17) is 4.74 Å². The van der Waals surface area contributed by atoms with Gasteiger partial charge in [0, 0.05) is 12.1 Å². The molecule has 0 aliphatic rings. The van der Waals surface area contributed by atoms with Crippen molar-refractivity contribution in [1.29, 1.82) is 0 Å². The number of anilines is 2. The van der Waals surface area contributed by atoms with Gasteiger partial charge in [-0.2, -0.15) is 0 Å². The number of rotatable bonds is 6. The number of aromatic amines is 1. The van der Waals surface area contributed by atoms with Crippen LogP contribution in [0.2, 0.25) is 0 Å². The Labute approximate surface area is 158 Å². The van der Waals surface area contributed by atoms with E-state index in [1.807, 2.05) is 45.0 Å². The molecule has 0 saturated carbocycles. The van der Waals surface area contributed by atoms with Crippen LogP contribution in [0.1, 0.15) is 34.9 Å². The van der Waals surface area contributed by atoms with Gasteiger partial charge in [-0.1, -0.05) is 29.8 Å². The maximum Gasteiger partial charge on any atom is 0.274 e. The summed E-state index contributed by atoms with van der Waals surface area (Å²) in [4.78, 5) is 15.2. The molecule has 0 radical (unpaired) electrons. The van der Waals surface area contributed by atoms with E-state index < -0.39 is 0 Å². The number of hydrogen-bond donors (Lipinski definition) is 2. The lowest BCUT2D eigenvalue weighted by molar-refractivity contribution is 0.340. The Balaban J connectivity index is 1.77. The fraction of sp³-hybridized carbons (Fsp3) is 0.286. The first-order valence-electron chi connectivity index (χ1n) is 8.98. The first-order valence-corrected chi connectivity index (χ1v) is 8.98. The highest BCUT2D eigenvalue weighted by molar-refractivity contribution is 5.63. The van der Waals surface area contributed by atoms with Gasteiger partial charge in [0.15, 0.2) is 0 Å². The summed E-state index contributed by atoms with van der Waals surface area (Å²) in [6.07, 6.45) is 0.414. The summed E-state index contributed by atoms with van der Waals surface area (Å²) in [7, 11) is 0. The van der Waals surface area contributed by atoms with Gasteiger partial charge in [-0.3, -0.25) is 9.78 Å². The molecule has 140 valence electrons. The van der Waals surface area contributed by atoms with Gasteiger partial charge in [-0.25, -0.2) is 0 Å². The van der Waals surface area contributed by atoms with Crippen LogP contribution in [0.25, 0.3) is 0 Å². The molecule has 0 fully saturated rings. The van der Waals surface area contributed by atoms with Crippen molar-refractivity contribution in [2.24, 2.45) is 0 Å². The third kappa shape index (κ3) is 4.53. The van der Waals surface area contributed by atoms with Crippen LogP contribution in [0.3, 0.4) is 0 Å². The zero-order valence-electron chi connectivity index (χ0n) is 16.1. The minimum atomic E-state index is -0.246. The van der Waals surface area contributed by atoms with E-state index in [-0.39, 0.29) is 5.56 Å². The number of nitrogens with zero attached hydrogens (tertiary/aromatic N) is 2. The molecule has 3 aromatic rings. The Bertz CT molecular complexity index is 971. The predicted octanol–water partition coefficient (Wildman–Crippen LogP) is 3.82. The van der Waals surface area contributed by atoms with E-state index in [2.05, 4.69) is 39.6 Å². The van der Waals surface area contributed by atoms with Gasteiger partial charge < -0.3 is 10.1 Å². The highest BCUT2D eigenvalue weighted by Gasteiger charge is 2.09. The zero-order chi connectivity index (χ0) is 19.4. The summed E-state index contributed by atoms with van der Waals surface area (Å²) in [5.41, 5.74) is 5.42. The quantitative estimate of drug-likeness (QED) is 0.695. The molecule has 6 heteroatoms. The van der Waals surface area contributed by atoms with Gasteiger partial charge in [0.25, 0.3) is 5.56 Å². The Morgan fingerprint density at radius 3 is 2.30 bits per heavy atom. The molecule has 0 bridgehead atoms. The van der Waals surface area contributed by atoms with Gasteiger partial charge in [0.2, 0.25) is 5.95 Å². The monoisotopic (exact) mass is 364 g/mol. The van der Waals surface area contributed by atoms with Gasteiger partial charge >= 0.3 is 0 Å². The third-order valence-electron chi connectivity index (χ3n) is 4.29. The van der Waals surface area contributed by atoms with Crippen molar-refractivity contribution in [3.63, 3.8) is 0 Å². The maximum atomic E-state index is 12.4. The van der Waals surface area contributed by atoms with E-state index in [1.54, 1.807) is 0 Å². The summed E-state index contributed by atoms with van der Waals surface area (Å²) in [6, 6.07) is 11.8. The molecule has 0 amide bonds. The normalized spacial score (nSPS) is 10.7. The second kappa shape index (κ2) is 8.03. The largest absolute Gasteiger partial charge is 0.494 e. The minimum absolute atomic E-state index is 0.246. The lowest BCUT2D eigenvalue weighted by atomic mass is 10.1. The van der Waals surface area contributed by atoms with Crippen LogP contribution in [0.4, 0.5) is 11.6 Å². The van der Waals surface area contributed by atoms with Gasteiger partial charge in [0.05, 0.1) is 6.61 Å². The van der Waals surface area contributed by atoms with E-state index in [1.165, 1.54) is 5.56 Å². The Morgan fingerprint density at radius 2 is 1.70 bits per heavy atom. The Kier molecular flexibility index (Phi) is 5.54. The van der Waals surface area contributed by atoms with Crippen LogP contribution in [-0.2, 0) is 6.42 Å². The molecule has 0 saturated heterocycles. The van der Waals surface area contributed by atoms with E-state index in [0.717, 1.165) is 28.1 Å². The molecule has 0 atom stereocenters. The molecular weight excluding hydrogens is 340 g/mol. The van der Waals surface area contributed by atoms with Crippen LogP contribution >= 0.6 is 0 Å². The fourth-order valence-electron chi connectivity index (χ4n) is 3.09. The van der Waals surface area contributed by atoms with Crippen molar-refractivity contribution < 1.29 is 4.74 Å². The molecule has 27 heavy (non-hydrogen) atoms. The van der Waals surface area contributed by atoms with Crippen molar-refractivity contribution in [3.8, 4) is 5.75 Å². The molecule has 2 aromatic carbocycles. The minimum Gasteiger partial charge on any atom is -0.494 e. The summed E-state index contributed by atoms with van der Waals surface area (Å²) in [5.74, 6) is 1.15. The lowest BCUT2D eigenvalue weighted by Gasteiger charge is -2.12. The average Bonchev–Trinajstić information content (AvgIpc) is 2.62. The average molecular weight is 364 g/mol. The van der Waals surface area contributed by atoms with Crippen molar-refractivity contribution in [2.45, 2.75) is 34.1 Å². The number of nitrogens with one attached hydrogen (secondary N) is 2. The van der Waals surface area contributed by atoms with Crippen molar-refractivity contribution in [1.82, 2.24) is 15.2 Å². The van der Waals surface area contributed by atoms with Crippen LogP contribution in [0, 0.1) is 20.8 Å². The summed E-state index contributed by atoms with van der Waals surface area (Å²) < 4.78 is 5.43. The van der Waals surface area contributed by atoms with Crippen LogP contribution < -0.4 is 15.6 Å². The summed E-state index contributed by atoms with van der Waals surface area (Å²) >= 11 is 0. The fourth-order valence-corrected chi connectivity index (χ4v) is 3.09. The van der Waals surface area contributed by atoms with Crippen molar-refractivity contribution >= 4 is 11.6 Å². The van der Waals surface area contributed by atoms with Crippen LogP contribution in [0.15, 0.2) is 41.2 Å².